The Hall–Kier alpha value is -3.60. The van der Waals surface area contributed by atoms with E-state index >= 15 is 0 Å². The molecule has 8 bridgehead atoms. The first-order valence-electron chi connectivity index (χ1n) is 10.1. The number of aromatic nitrogens is 4. The maximum absolute atomic E-state index is 6.54. The summed E-state index contributed by atoms with van der Waals surface area (Å²) < 4.78 is 0. The average Bonchev–Trinajstić information content (AvgIpc) is 3.53. The standard InChI is InChI=1S/C26H16Cl2N4/c27-15-1-8-23(25(28)9-15)24-13-22-12-20-5-4-18(30-20)10-16-2-3-17(29-16)11-19-6-7-21(31-19)14-26(24)32-22/h1-14,30-31H. The molecule has 154 valence electrons. The highest BCUT2D eigenvalue weighted by Crippen LogP contribution is 2.34. The Morgan fingerprint density at radius 3 is 1.81 bits per heavy atom. The van der Waals surface area contributed by atoms with Gasteiger partial charge in [-0.1, -0.05) is 29.3 Å². The summed E-state index contributed by atoms with van der Waals surface area (Å²) in [4.78, 5) is 16.4. The van der Waals surface area contributed by atoms with Gasteiger partial charge >= 0.3 is 0 Å². The first kappa shape index (κ1) is 19.1. The monoisotopic (exact) mass is 454 g/mol. The quantitative estimate of drug-likeness (QED) is 0.272. The van der Waals surface area contributed by atoms with E-state index in [0.29, 0.717) is 10.0 Å². The van der Waals surface area contributed by atoms with Crippen LogP contribution < -0.4 is 0 Å². The lowest BCUT2D eigenvalue weighted by molar-refractivity contribution is 1.30. The molecule has 4 nitrogen and oxygen atoms in total. The molecule has 4 aromatic rings. The van der Waals surface area contributed by atoms with Gasteiger partial charge in [0.05, 0.1) is 22.8 Å². The highest BCUT2D eigenvalue weighted by molar-refractivity contribution is 6.36. The number of nitrogens with zero attached hydrogens (tertiary/aromatic N) is 2. The number of nitrogens with one attached hydrogen (secondary N) is 2. The molecule has 2 N–H and O–H groups in total. The molecule has 2 aliphatic rings. The number of hydrogen-bond donors (Lipinski definition) is 2. The third-order valence-electron chi connectivity index (χ3n) is 5.39. The van der Waals surface area contributed by atoms with Crippen molar-refractivity contribution < 1.29 is 0 Å². The number of benzene rings is 1. The lowest BCUT2D eigenvalue weighted by Gasteiger charge is -2.05. The lowest BCUT2D eigenvalue weighted by atomic mass is 10.0. The number of halogens is 2. The van der Waals surface area contributed by atoms with Crippen molar-refractivity contribution in [3.8, 4) is 0 Å². The summed E-state index contributed by atoms with van der Waals surface area (Å²) in [6, 6.07) is 21.7. The predicted molar refractivity (Wildman–Crippen MR) is 133 cm³/mol. The third-order valence-corrected chi connectivity index (χ3v) is 5.93. The van der Waals surface area contributed by atoms with Crippen LogP contribution >= 0.6 is 23.2 Å². The predicted octanol–water partition coefficient (Wildman–Crippen LogP) is 7.38. The summed E-state index contributed by atoms with van der Waals surface area (Å²) in [7, 11) is 0. The molecule has 2 aliphatic heterocycles. The van der Waals surface area contributed by atoms with Crippen molar-refractivity contribution in [2.75, 3.05) is 0 Å². The number of aromatic amines is 2. The van der Waals surface area contributed by atoms with Gasteiger partial charge in [0.1, 0.15) is 0 Å². The van der Waals surface area contributed by atoms with Crippen molar-refractivity contribution >= 4 is 69.1 Å². The summed E-state index contributed by atoms with van der Waals surface area (Å²) >= 11 is 12.7. The van der Waals surface area contributed by atoms with E-state index in [1.807, 2.05) is 78.9 Å². The Bertz CT molecular complexity index is 1610. The van der Waals surface area contributed by atoms with E-state index in [1.165, 1.54) is 0 Å². The molecule has 1 aromatic carbocycles. The van der Waals surface area contributed by atoms with Crippen molar-refractivity contribution in [2.24, 2.45) is 0 Å². The number of hydrogen-bond acceptors (Lipinski definition) is 2. The van der Waals surface area contributed by atoms with Crippen molar-refractivity contribution in [3.63, 3.8) is 0 Å². The summed E-state index contributed by atoms with van der Waals surface area (Å²) in [5.74, 6) is 0. The molecule has 0 fully saturated rings. The Labute approximate surface area is 193 Å². The van der Waals surface area contributed by atoms with Crippen LogP contribution in [0.15, 0.2) is 66.7 Å². The van der Waals surface area contributed by atoms with Crippen LogP contribution in [-0.4, -0.2) is 19.9 Å². The van der Waals surface area contributed by atoms with Crippen LogP contribution in [0.5, 0.6) is 0 Å². The van der Waals surface area contributed by atoms with Gasteiger partial charge in [-0.15, -0.1) is 0 Å². The lowest BCUT2D eigenvalue weighted by Crippen LogP contribution is -1.87. The molecule has 0 atom stereocenters. The fraction of sp³-hybridized carbons (Fsp3) is 0. The molecule has 0 radical (unpaired) electrons. The van der Waals surface area contributed by atoms with Gasteiger partial charge in [-0.25, -0.2) is 9.97 Å². The molecule has 0 unspecified atom stereocenters. The molecule has 3 aromatic heterocycles. The molecular weight excluding hydrogens is 439 g/mol. The largest absolute Gasteiger partial charge is 0.355 e. The van der Waals surface area contributed by atoms with Gasteiger partial charge in [-0.2, -0.15) is 0 Å². The number of rotatable bonds is 1. The van der Waals surface area contributed by atoms with Crippen LogP contribution in [0.1, 0.15) is 28.3 Å². The maximum Gasteiger partial charge on any atom is 0.0737 e. The van der Waals surface area contributed by atoms with E-state index < -0.39 is 0 Å². The van der Waals surface area contributed by atoms with Crippen LogP contribution in [0.4, 0.5) is 0 Å². The van der Waals surface area contributed by atoms with Gasteiger partial charge < -0.3 is 9.97 Å². The molecular formula is C26H16Cl2N4. The van der Waals surface area contributed by atoms with Gasteiger partial charge in [-0.05, 0) is 78.9 Å². The number of fused-ring (bicyclic) bond motifs is 8. The fourth-order valence-electron chi connectivity index (χ4n) is 3.94. The first-order valence-corrected chi connectivity index (χ1v) is 10.9. The number of H-pyrrole nitrogens is 2. The average molecular weight is 455 g/mol. The molecule has 6 heteroatoms. The SMILES string of the molecule is Clc1ccc(C2=Cc3cc4ccc(cc5nc(cc6ccc(cc2n3)[nH]6)C=C5)[nH]4)c(Cl)c1. The summed E-state index contributed by atoms with van der Waals surface area (Å²) in [6.07, 6.45) is 6.07. The topological polar surface area (TPSA) is 57.4 Å². The van der Waals surface area contributed by atoms with Crippen LogP contribution in [0.3, 0.4) is 0 Å². The van der Waals surface area contributed by atoms with Crippen LogP contribution in [0.25, 0.3) is 45.9 Å². The van der Waals surface area contributed by atoms with E-state index in [9.17, 15) is 0 Å². The highest BCUT2D eigenvalue weighted by atomic mass is 35.5. The second-order valence-corrected chi connectivity index (χ2v) is 8.56. The smallest absolute Gasteiger partial charge is 0.0737 e. The Balaban J connectivity index is 1.64. The van der Waals surface area contributed by atoms with Crippen molar-refractivity contribution in [2.45, 2.75) is 0 Å². The van der Waals surface area contributed by atoms with Gasteiger partial charge in [0.15, 0.2) is 0 Å². The normalized spacial score (nSPS) is 12.8. The molecule has 32 heavy (non-hydrogen) atoms. The second kappa shape index (κ2) is 7.52. The van der Waals surface area contributed by atoms with Crippen LogP contribution in [0.2, 0.25) is 10.0 Å². The Morgan fingerprint density at radius 2 is 1.19 bits per heavy atom. The van der Waals surface area contributed by atoms with E-state index in [2.05, 4.69) is 15.0 Å². The van der Waals surface area contributed by atoms with E-state index in [4.69, 9.17) is 28.2 Å². The van der Waals surface area contributed by atoms with Crippen molar-refractivity contribution in [1.82, 2.24) is 19.9 Å². The molecule has 0 saturated carbocycles. The minimum Gasteiger partial charge on any atom is -0.355 e. The van der Waals surface area contributed by atoms with Gasteiger partial charge in [-0.3, -0.25) is 0 Å². The Kier molecular flexibility index (Phi) is 4.49. The van der Waals surface area contributed by atoms with Crippen LogP contribution in [0, 0.1) is 0 Å². The van der Waals surface area contributed by atoms with Gasteiger partial charge in [0, 0.05) is 43.2 Å². The molecule has 0 amide bonds. The molecule has 0 aliphatic carbocycles. The summed E-state index contributed by atoms with van der Waals surface area (Å²) in [5.41, 5.74) is 9.16. The summed E-state index contributed by atoms with van der Waals surface area (Å²) in [6.45, 7) is 0. The second-order valence-electron chi connectivity index (χ2n) is 7.71. The molecule has 0 saturated heterocycles. The fourth-order valence-corrected chi connectivity index (χ4v) is 4.45. The zero-order valence-corrected chi connectivity index (χ0v) is 18.2. The van der Waals surface area contributed by atoms with E-state index in [-0.39, 0.29) is 0 Å². The highest BCUT2D eigenvalue weighted by Gasteiger charge is 2.15. The zero-order valence-electron chi connectivity index (χ0n) is 16.7. The minimum absolute atomic E-state index is 0.590. The van der Waals surface area contributed by atoms with E-state index in [0.717, 1.165) is 56.0 Å². The first-order chi connectivity index (χ1) is 15.6. The summed E-state index contributed by atoms with van der Waals surface area (Å²) in [5, 5.41) is 1.19. The minimum atomic E-state index is 0.590. The Morgan fingerprint density at radius 1 is 0.594 bits per heavy atom. The van der Waals surface area contributed by atoms with Crippen LogP contribution in [-0.2, 0) is 0 Å². The van der Waals surface area contributed by atoms with Crippen molar-refractivity contribution in [1.29, 1.82) is 0 Å². The van der Waals surface area contributed by atoms with Gasteiger partial charge in [0.2, 0.25) is 0 Å². The zero-order chi connectivity index (χ0) is 21.7. The van der Waals surface area contributed by atoms with Crippen molar-refractivity contribution in [3.05, 3.63) is 105 Å². The van der Waals surface area contributed by atoms with Gasteiger partial charge in [0.25, 0.3) is 0 Å². The van der Waals surface area contributed by atoms with E-state index in [1.54, 1.807) is 6.07 Å². The molecule has 5 heterocycles. The third kappa shape index (κ3) is 3.64. The molecule has 0 spiro atoms. The maximum atomic E-state index is 6.54. The molecule has 6 rings (SSSR count).